The second-order valence-corrected chi connectivity index (χ2v) is 8.55. The maximum Gasteiger partial charge on any atom is 0.197 e. The van der Waals surface area contributed by atoms with Crippen LogP contribution in [0, 0.1) is 49.0 Å². The van der Waals surface area contributed by atoms with Crippen LogP contribution in [-0.4, -0.2) is 0 Å². The number of halogens is 4. The van der Waals surface area contributed by atoms with Gasteiger partial charge < -0.3 is 0 Å². The van der Waals surface area contributed by atoms with Gasteiger partial charge in [-0.25, -0.2) is 17.6 Å². The monoisotopic (exact) mass is 594 g/mol. The Labute approximate surface area is 242 Å². The molecule has 38 heavy (non-hydrogen) atoms. The predicted molar refractivity (Wildman–Crippen MR) is 136 cm³/mol. The molecule has 7 aliphatic rings. The van der Waals surface area contributed by atoms with Gasteiger partial charge in [0.15, 0.2) is 23.3 Å². The number of hydrogen-bond acceptors (Lipinski definition) is 0. The summed E-state index contributed by atoms with van der Waals surface area (Å²) < 4.78 is 57.1. The Kier molecular flexibility index (Phi) is 10.6. The molecule has 0 heterocycles. The third kappa shape index (κ3) is 5.84. The van der Waals surface area contributed by atoms with Gasteiger partial charge in [0, 0.05) is 82.8 Å². The molecule has 0 aromatic heterocycles. The molecule has 0 saturated carbocycles. The third-order valence-electron chi connectivity index (χ3n) is 6.43. The van der Waals surface area contributed by atoms with Crippen molar-refractivity contribution in [2.75, 3.05) is 0 Å². The predicted octanol–water partition coefficient (Wildman–Crippen LogP) is 8.32. The smallest absolute Gasteiger partial charge is 0.197 e. The summed E-state index contributed by atoms with van der Waals surface area (Å²) in [6.07, 6.45) is 38.6. The van der Waals surface area contributed by atoms with Crippen LogP contribution in [0.2, 0.25) is 0 Å². The first-order valence-electron chi connectivity index (χ1n) is 11.6. The van der Waals surface area contributed by atoms with Gasteiger partial charge in [-0.15, -0.1) is 0 Å². The second kappa shape index (κ2) is 13.4. The van der Waals surface area contributed by atoms with E-state index in [0.717, 1.165) is 22.3 Å². The fourth-order valence-corrected chi connectivity index (χ4v) is 4.82. The van der Waals surface area contributed by atoms with E-state index in [1.165, 1.54) is 0 Å². The topological polar surface area (TPSA) is 0 Å². The molecule has 0 amide bonds. The zero-order chi connectivity index (χ0) is 25.1. The van der Waals surface area contributed by atoms with Crippen molar-refractivity contribution >= 4 is 0 Å². The maximum absolute atomic E-state index is 14.6. The van der Waals surface area contributed by atoms with Crippen LogP contribution in [-0.2, 0) is 34.1 Å². The molecule has 0 saturated heterocycles. The number of hydrogen-bond donors (Lipinski definition) is 0. The molecule has 0 fully saturated rings. The average molecular weight is 594 g/mol. The molecule has 0 nitrogen and oxygen atoms in total. The van der Waals surface area contributed by atoms with Crippen LogP contribution in [0.3, 0.4) is 0 Å². The van der Waals surface area contributed by atoms with Crippen LogP contribution in [0.1, 0.15) is 23.0 Å². The Bertz CT molecular complexity index is 1260. The van der Waals surface area contributed by atoms with E-state index in [1.54, 1.807) is 0 Å². The van der Waals surface area contributed by atoms with Crippen molar-refractivity contribution in [3.05, 3.63) is 180 Å². The van der Waals surface area contributed by atoms with E-state index in [-0.39, 0.29) is 45.3 Å². The first kappa shape index (κ1) is 29.9. The minimum absolute atomic E-state index is 0. The van der Waals surface area contributed by atoms with Gasteiger partial charge in [0.1, 0.15) is 0 Å². The van der Waals surface area contributed by atoms with Crippen molar-refractivity contribution in [3.8, 4) is 0 Å². The Morgan fingerprint density at radius 3 is 1.05 bits per heavy atom. The largest absolute Gasteiger partial charge is 0.203 e. The first-order chi connectivity index (χ1) is 17.6. The molecule has 4 radical (unpaired) electrons. The van der Waals surface area contributed by atoms with Crippen molar-refractivity contribution in [2.45, 2.75) is 11.8 Å². The SMILES string of the molecule is Fc1c(F)c(F)c2c(c1F)C1C=C(C3=C[CH]C=C3)C2C=C1C1=C[CH]C=C1.[CH]1C=CC=C1.[CH]1C=CC=C1.[Fe].[Fe]. The molecule has 0 aliphatic heterocycles. The Hall–Kier alpha value is -2.62. The van der Waals surface area contributed by atoms with Crippen LogP contribution < -0.4 is 0 Å². The van der Waals surface area contributed by atoms with E-state index >= 15 is 0 Å². The van der Waals surface area contributed by atoms with Gasteiger partial charge >= 0.3 is 0 Å². The molecule has 194 valence electrons. The zero-order valence-electron chi connectivity index (χ0n) is 19.9. The minimum Gasteiger partial charge on any atom is -0.203 e. The normalized spacial score (nSPS) is 21.9. The van der Waals surface area contributed by atoms with E-state index in [1.807, 2.05) is 123 Å². The van der Waals surface area contributed by atoms with Gasteiger partial charge in [-0.2, -0.15) is 0 Å². The summed E-state index contributed by atoms with van der Waals surface area (Å²) in [5.41, 5.74) is 3.11. The van der Waals surface area contributed by atoms with E-state index in [2.05, 4.69) is 0 Å². The van der Waals surface area contributed by atoms with Crippen LogP contribution in [0.4, 0.5) is 17.6 Å². The Morgan fingerprint density at radius 2 is 0.789 bits per heavy atom. The van der Waals surface area contributed by atoms with Crippen LogP contribution >= 0.6 is 0 Å². The molecule has 2 bridgehead atoms. The van der Waals surface area contributed by atoms with Crippen molar-refractivity contribution in [1.29, 1.82) is 0 Å². The zero-order valence-corrected chi connectivity index (χ0v) is 22.1. The molecule has 2 atom stereocenters. The van der Waals surface area contributed by atoms with Gasteiger partial charge in [0.05, 0.1) is 0 Å². The number of rotatable bonds is 2. The summed E-state index contributed by atoms with van der Waals surface area (Å²) in [6.45, 7) is 0. The summed E-state index contributed by atoms with van der Waals surface area (Å²) in [5, 5.41) is 0. The van der Waals surface area contributed by atoms with Gasteiger partial charge in [-0.05, 0) is 22.3 Å². The molecule has 1 aromatic carbocycles. The van der Waals surface area contributed by atoms with Crippen molar-refractivity contribution in [1.82, 2.24) is 0 Å². The van der Waals surface area contributed by atoms with Crippen molar-refractivity contribution in [3.63, 3.8) is 0 Å². The van der Waals surface area contributed by atoms with Gasteiger partial charge in [0.2, 0.25) is 0 Å². The molecule has 2 unspecified atom stereocenters. The quantitative estimate of drug-likeness (QED) is 0.140. The first-order valence-corrected chi connectivity index (χ1v) is 11.6. The Morgan fingerprint density at radius 1 is 0.421 bits per heavy atom. The summed E-state index contributed by atoms with van der Waals surface area (Å²) in [5.74, 6) is -7.43. The Balaban J connectivity index is 0.000000280. The third-order valence-corrected chi connectivity index (χ3v) is 6.43. The second-order valence-electron chi connectivity index (χ2n) is 8.55. The molecular weight excluding hydrogens is 572 g/mol. The summed E-state index contributed by atoms with van der Waals surface area (Å²) in [4.78, 5) is 0. The van der Waals surface area contributed by atoms with Gasteiger partial charge in [0.25, 0.3) is 0 Å². The molecule has 0 N–H and O–H groups in total. The van der Waals surface area contributed by atoms with Crippen molar-refractivity contribution in [2.24, 2.45) is 0 Å². The van der Waals surface area contributed by atoms with Gasteiger partial charge in [-0.3, -0.25) is 0 Å². The molecule has 1 aromatic rings. The summed E-state index contributed by atoms with van der Waals surface area (Å²) in [6, 6.07) is 0. The van der Waals surface area contributed by atoms with E-state index in [4.69, 9.17) is 0 Å². The number of benzene rings is 1. The van der Waals surface area contributed by atoms with Crippen molar-refractivity contribution < 1.29 is 51.7 Å². The van der Waals surface area contributed by atoms with E-state index < -0.39 is 35.1 Å². The fourth-order valence-electron chi connectivity index (χ4n) is 4.82. The standard InChI is InChI=1S/C22H12F4.2C5H5.2Fe/c23-19-17-15-10-14(12-7-3-4-8-12)16(9-13(15)11-5-1-2-6-11)18(17)20(24)22(26)21(19)25;2*1-2-4-5-3-1;;/h1-10,15-16H;2*1-5H;;. The van der Waals surface area contributed by atoms with E-state index in [9.17, 15) is 17.6 Å². The molecule has 7 aliphatic carbocycles. The van der Waals surface area contributed by atoms with Crippen LogP contribution in [0.25, 0.3) is 0 Å². The average Bonchev–Trinajstić information content (AvgIpc) is 3.75. The molecule has 8 rings (SSSR count). The van der Waals surface area contributed by atoms with Crippen LogP contribution in [0.15, 0.2) is 120 Å². The van der Waals surface area contributed by atoms with Crippen LogP contribution in [0.5, 0.6) is 0 Å². The maximum atomic E-state index is 14.6. The molecule has 0 spiro atoms. The van der Waals surface area contributed by atoms with E-state index in [0.29, 0.717) is 0 Å². The summed E-state index contributed by atoms with van der Waals surface area (Å²) in [7, 11) is 0. The molecular formula is C32H22F4Fe2. The minimum atomic E-state index is -1.75. The summed E-state index contributed by atoms with van der Waals surface area (Å²) >= 11 is 0. The molecule has 6 heteroatoms. The fraction of sp³-hybridized carbons (Fsp3) is 0.0625. The van der Waals surface area contributed by atoms with Gasteiger partial charge in [-0.1, -0.05) is 97.2 Å². The number of allylic oxidation sites excluding steroid dienone is 20.